The fourth-order valence-corrected chi connectivity index (χ4v) is 2.80. The highest BCUT2D eigenvalue weighted by molar-refractivity contribution is 5.22. The van der Waals surface area contributed by atoms with Crippen LogP contribution in [0, 0.1) is 0 Å². The average molecular weight is 313 g/mol. The highest BCUT2D eigenvalue weighted by atomic mass is 16.7. The van der Waals surface area contributed by atoms with Crippen molar-refractivity contribution < 1.29 is 14.2 Å². The van der Waals surface area contributed by atoms with Gasteiger partial charge in [-0.1, -0.05) is 48.5 Å². The van der Waals surface area contributed by atoms with Gasteiger partial charge in [-0.15, -0.1) is 0 Å². The summed E-state index contributed by atoms with van der Waals surface area (Å²) >= 11 is 0. The van der Waals surface area contributed by atoms with Gasteiger partial charge in [-0.2, -0.15) is 0 Å². The van der Waals surface area contributed by atoms with E-state index in [1.807, 2.05) is 43.3 Å². The van der Waals surface area contributed by atoms with E-state index in [-0.39, 0.29) is 0 Å². The quantitative estimate of drug-likeness (QED) is 0.766. The molecule has 0 N–H and O–H groups in total. The van der Waals surface area contributed by atoms with Gasteiger partial charge in [0.05, 0.1) is 6.61 Å². The van der Waals surface area contributed by atoms with Crippen molar-refractivity contribution in [3.05, 3.63) is 66.2 Å². The summed E-state index contributed by atoms with van der Waals surface area (Å²) in [7, 11) is 0. The fourth-order valence-electron chi connectivity index (χ4n) is 2.80. The zero-order chi connectivity index (χ0) is 16.0. The molecule has 1 saturated heterocycles. The van der Waals surface area contributed by atoms with Crippen LogP contribution in [0.15, 0.2) is 60.7 Å². The van der Waals surface area contributed by atoms with E-state index in [0.717, 1.165) is 18.8 Å². The maximum Gasteiger partial charge on any atom is 0.297 e. The molecule has 1 atom stereocenters. The van der Waals surface area contributed by atoms with Gasteiger partial charge in [0, 0.05) is 19.7 Å². The standard InChI is InChI=1S/C19H23NO3/c1-2-22-19(23-18-11-7-4-8-12-18)16-21-14-13-20(19)15-17-9-5-3-6-10-17/h3-12H,2,13-16H2,1H3. The Kier molecular flexibility index (Phi) is 5.28. The molecule has 1 heterocycles. The molecule has 1 aliphatic rings. The maximum atomic E-state index is 6.25. The van der Waals surface area contributed by atoms with Crippen LogP contribution in [0.3, 0.4) is 0 Å². The summed E-state index contributed by atoms with van der Waals surface area (Å²) in [6.07, 6.45) is 0. The molecule has 0 aromatic heterocycles. The molecule has 4 nitrogen and oxygen atoms in total. The van der Waals surface area contributed by atoms with Crippen LogP contribution in [0.5, 0.6) is 5.75 Å². The Morgan fingerprint density at radius 3 is 2.43 bits per heavy atom. The van der Waals surface area contributed by atoms with Gasteiger partial charge in [0.1, 0.15) is 12.4 Å². The Morgan fingerprint density at radius 1 is 1.04 bits per heavy atom. The number of benzene rings is 2. The second kappa shape index (κ2) is 7.59. The van der Waals surface area contributed by atoms with Gasteiger partial charge in [0.15, 0.2) is 0 Å². The Balaban J connectivity index is 1.84. The van der Waals surface area contributed by atoms with Gasteiger partial charge in [-0.05, 0) is 24.6 Å². The summed E-state index contributed by atoms with van der Waals surface area (Å²) in [5.41, 5.74) is 1.23. The second-order valence-electron chi connectivity index (χ2n) is 5.52. The lowest BCUT2D eigenvalue weighted by atomic mass is 10.2. The summed E-state index contributed by atoms with van der Waals surface area (Å²) < 4.78 is 18.0. The van der Waals surface area contributed by atoms with E-state index >= 15 is 0 Å². The predicted octanol–water partition coefficient (Wildman–Crippen LogP) is 3.29. The molecule has 122 valence electrons. The summed E-state index contributed by atoms with van der Waals surface area (Å²) in [5.74, 6) is -0.103. The van der Waals surface area contributed by atoms with Crippen molar-refractivity contribution in [1.82, 2.24) is 4.90 Å². The number of ether oxygens (including phenoxy) is 3. The number of hydrogen-bond donors (Lipinski definition) is 0. The van der Waals surface area contributed by atoms with E-state index in [1.165, 1.54) is 5.56 Å². The first-order valence-electron chi connectivity index (χ1n) is 8.07. The van der Waals surface area contributed by atoms with Crippen molar-refractivity contribution in [2.24, 2.45) is 0 Å². The summed E-state index contributed by atoms with van der Waals surface area (Å²) in [5, 5.41) is 0. The maximum absolute atomic E-state index is 6.25. The van der Waals surface area contributed by atoms with Crippen LogP contribution in [0.2, 0.25) is 0 Å². The van der Waals surface area contributed by atoms with Crippen molar-refractivity contribution >= 4 is 0 Å². The van der Waals surface area contributed by atoms with Gasteiger partial charge in [-0.25, -0.2) is 4.90 Å². The molecule has 1 unspecified atom stereocenters. The first-order valence-corrected chi connectivity index (χ1v) is 8.07. The Bertz CT molecular complexity index is 586. The van der Waals surface area contributed by atoms with Crippen LogP contribution < -0.4 is 4.74 Å². The Hall–Kier alpha value is -1.88. The third-order valence-corrected chi connectivity index (χ3v) is 3.88. The lowest BCUT2D eigenvalue weighted by molar-refractivity contribution is -0.319. The van der Waals surface area contributed by atoms with Crippen molar-refractivity contribution in [3.8, 4) is 5.75 Å². The molecule has 0 radical (unpaired) electrons. The number of rotatable bonds is 6. The van der Waals surface area contributed by atoms with Crippen molar-refractivity contribution in [3.63, 3.8) is 0 Å². The van der Waals surface area contributed by atoms with E-state index < -0.39 is 5.91 Å². The molecule has 4 heteroatoms. The average Bonchev–Trinajstić information content (AvgIpc) is 2.59. The topological polar surface area (TPSA) is 30.9 Å². The molecule has 0 aliphatic carbocycles. The minimum atomic E-state index is -0.885. The smallest absolute Gasteiger partial charge is 0.297 e. The monoisotopic (exact) mass is 313 g/mol. The lowest BCUT2D eigenvalue weighted by Crippen LogP contribution is -2.61. The first kappa shape index (κ1) is 16.0. The summed E-state index contributed by atoms with van der Waals surface area (Å²) in [4.78, 5) is 2.21. The molecular weight excluding hydrogens is 290 g/mol. The minimum Gasteiger partial charge on any atom is -0.447 e. The van der Waals surface area contributed by atoms with Gasteiger partial charge in [0.2, 0.25) is 0 Å². The molecule has 2 aromatic carbocycles. The molecule has 2 aromatic rings. The molecule has 1 aliphatic heterocycles. The Labute approximate surface area is 137 Å². The normalized spacial score (nSPS) is 22.0. The first-order chi connectivity index (χ1) is 11.3. The van der Waals surface area contributed by atoms with E-state index in [1.54, 1.807) is 0 Å². The van der Waals surface area contributed by atoms with E-state index in [9.17, 15) is 0 Å². The molecule has 1 fully saturated rings. The van der Waals surface area contributed by atoms with Gasteiger partial charge in [-0.3, -0.25) is 0 Å². The number of morpholine rings is 1. The number of hydrogen-bond acceptors (Lipinski definition) is 4. The van der Waals surface area contributed by atoms with Crippen LogP contribution in [-0.2, 0) is 16.0 Å². The van der Waals surface area contributed by atoms with Crippen molar-refractivity contribution in [2.45, 2.75) is 19.4 Å². The predicted molar refractivity (Wildman–Crippen MR) is 89.1 cm³/mol. The van der Waals surface area contributed by atoms with Gasteiger partial charge in [0.25, 0.3) is 5.91 Å². The lowest BCUT2D eigenvalue weighted by Gasteiger charge is -2.45. The van der Waals surface area contributed by atoms with E-state index in [0.29, 0.717) is 19.8 Å². The zero-order valence-corrected chi connectivity index (χ0v) is 13.5. The minimum absolute atomic E-state index is 0.391. The SMILES string of the molecule is CCOC1(Oc2ccccc2)COCCN1Cc1ccccc1. The van der Waals surface area contributed by atoms with Crippen molar-refractivity contribution in [2.75, 3.05) is 26.4 Å². The Morgan fingerprint density at radius 2 is 1.74 bits per heavy atom. The van der Waals surface area contributed by atoms with Crippen LogP contribution in [0.1, 0.15) is 12.5 Å². The summed E-state index contributed by atoms with van der Waals surface area (Å²) in [6, 6.07) is 20.1. The highest BCUT2D eigenvalue weighted by Crippen LogP contribution is 2.28. The van der Waals surface area contributed by atoms with E-state index in [2.05, 4.69) is 29.2 Å². The van der Waals surface area contributed by atoms with Crippen LogP contribution >= 0.6 is 0 Å². The number of nitrogens with zero attached hydrogens (tertiary/aromatic N) is 1. The number of para-hydroxylation sites is 1. The second-order valence-corrected chi connectivity index (χ2v) is 5.52. The molecule has 23 heavy (non-hydrogen) atoms. The highest BCUT2D eigenvalue weighted by Gasteiger charge is 2.43. The summed E-state index contributed by atoms with van der Waals surface area (Å²) in [6.45, 7) is 5.13. The van der Waals surface area contributed by atoms with E-state index in [4.69, 9.17) is 14.2 Å². The van der Waals surface area contributed by atoms with Crippen LogP contribution in [-0.4, -0.2) is 37.2 Å². The van der Waals surface area contributed by atoms with Crippen LogP contribution in [0.25, 0.3) is 0 Å². The third-order valence-electron chi connectivity index (χ3n) is 3.88. The fraction of sp³-hybridized carbons (Fsp3) is 0.368. The zero-order valence-electron chi connectivity index (χ0n) is 13.5. The third kappa shape index (κ3) is 3.91. The van der Waals surface area contributed by atoms with Crippen molar-refractivity contribution in [1.29, 1.82) is 0 Å². The molecular formula is C19H23NO3. The molecule has 0 bridgehead atoms. The molecule has 0 spiro atoms. The largest absolute Gasteiger partial charge is 0.447 e. The van der Waals surface area contributed by atoms with Gasteiger partial charge >= 0.3 is 0 Å². The molecule has 0 saturated carbocycles. The van der Waals surface area contributed by atoms with Crippen LogP contribution in [0.4, 0.5) is 0 Å². The molecule has 0 amide bonds. The van der Waals surface area contributed by atoms with Gasteiger partial charge < -0.3 is 14.2 Å². The molecule has 3 rings (SSSR count).